The SMILES string of the molecule is CCNc1ccc(C#N)cc1N1CC(C(=O)OC)CC1=O. The molecule has 1 heterocycles. The molecule has 1 amide bonds. The molecule has 1 saturated heterocycles. The van der Waals surface area contributed by atoms with E-state index < -0.39 is 5.92 Å². The second-order valence-electron chi connectivity index (χ2n) is 4.80. The second-order valence-corrected chi connectivity index (χ2v) is 4.80. The maximum Gasteiger partial charge on any atom is 0.311 e. The summed E-state index contributed by atoms with van der Waals surface area (Å²) < 4.78 is 4.70. The van der Waals surface area contributed by atoms with E-state index in [1.165, 1.54) is 7.11 Å². The summed E-state index contributed by atoms with van der Waals surface area (Å²) in [6.07, 6.45) is 0.134. The van der Waals surface area contributed by atoms with Gasteiger partial charge in [0.15, 0.2) is 0 Å². The Morgan fingerprint density at radius 3 is 2.95 bits per heavy atom. The summed E-state index contributed by atoms with van der Waals surface area (Å²) in [7, 11) is 1.32. The summed E-state index contributed by atoms with van der Waals surface area (Å²) in [6, 6.07) is 7.19. The number of nitrogens with one attached hydrogen (secondary N) is 1. The Labute approximate surface area is 123 Å². The molecule has 1 unspecified atom stereocenters. The number of hydrogen-bond donors (Lipinski definition) is 1. The predicted octanol–water partition coefficient (Wildman–Crippen LogP) is 1.52. The van der Waals surface area contributed by atoms with Gasteiger partial charge in [0.2, 0.25) is 5.91 Å². The van der Waals surface area contributed by atoms with Gasteiger partial charge in [-0.15, -0.1) is 0 Å². The van der Waals surface area contributed by atoms with E-state index in [4.69, 9.17) is 10.00 Å². The Balaban J connectivity index is 2.34. The summed E-state index contributed by atoms with van der Waals surface area (Å²) in [5, 5.41) is 12.2. The molecule has 2 rings (SSSR count). The Morgan fingerprint density at radius 1 is 1.57 bits per heavy atom. The smallest absolute Gasteiger partial charge is 0.311 e. The number of nitriles is 1. The van der Waals surface area contributed by atoms with Crippen molar-refractivity contribution in [1.29, 1.82) is 5.26 Å². The Hall–Kier alpha value is -2.55. The topological polar surface area (TPSA) is 82.4 Å². The van der Waals surface area contributed by atoms with Crippen LogP contribution in [-0.4, -0.2) is 32.1 Å². The van der Waals surface area contributed by atoms with Crippen LogP contribution in [0.3, 0.4) is 0 Å². The van der Waals surface area contributed by atoms with Crippen molar-refractivity contribution in [1.82, 2.24) is 0 Å². The van der Waals surface area contributed by atoms with E-state index in [1.807, 2.05) is 6.92 Å². The predicted molar refractivity (Wildman–Crippen MR) is 77.8 cm³/mol. The highest BCUT2D eigenvalue weighted by Crippen LogP contribution is 2.32. The zero-order valence-electron chi connectivity index (χ0n) is 12.0. The van der Waals surface area contributed by atoms with Crippen LogP contribution in [0.15, 0.2) is 18.2 Å². The van der Waals surface area contributed by atoms with Gasteiger partial charge in [0, 0.05) is 19.5 Å². The van der Waals surface area contributed by atoms with Crippen LogP contribution in [0.2, 0.25) is 0 Å². The van der Waals surface area contributed by atoms with Crippen molar-refractivity contribution in [3.05, 3.63) is 23.8 Å². The second kappa shape index (κ2) is 6.27. The highest BCUT2D eigenvalue weighted by molar-refractivity contribution is 6.02. The number of carbonyl (C=O) groups is 2. The molecule has 1 N–H and O–H groups in total. The molecule has 0 radical (unpaired) electrons. The van der Waals surface area contributed by atoms with Crippen LogP contribution in [0.4, 0.5) is 11.4 Å². The largest absolute Gasteiger partial charge is 0.469 e. The zero-order valence-corrected chi connectivity index (χ0v) is 12.0. The first-order chi connectivity index (χ1) is 10.1. The van der Waals surface area contributed by atoms with Gasteiger partial charge < -0.3 is 15.0 Å². The maximum absolute atomic E-state index is 12.2. The Kier molecular flexibility index (Phi) is 4.43. The highest BCUT2D eigenvalue weighted by Gasteiger charge is 2.36. The maximum atomic E-state index is 12.2. The number of esters is 1. The van der Waals surface area contributed by atoms with E-state index in [-0.39, 0.29) is 24.8 Å². The van der Waals surface area contributed by atoms with Gasteiger partial charge in [0.05, 0.1) is 36.0 Å². The van der Waals surface area contributed by atoms with Crippen molar-refractivity contribution in [2.75, 3.05) is 30.4 Å². The third kappa shape index (κ3) is 2.97. The average Bonchev–Trinajstić information content (AvgIpc) is 2.89. The molecular weight excluding hydrogens is 270 g/mol. The quantitative estimate of drug-likeness (QED) is 0.849. The monoisotopic (exact) mass is 287 g/mol. The number of anilines is 2. The lowest BCUT2D eigenvalue weighted by Gasteiger charge is -2.21. The van der Waals surface area contributed by atoms with Gasteiger partial charge in [0.25, 0.3) is 0 Å². The van der Waals surface area contributed by atoms with Gasteiger partial charge in [-0.2, -0.15) is 5.26 Å². The lowest BCUT2D eigenvalue weighted by atomic mass is 10.1. The summed E-state index contributed by atoms with van der Waals surface area (Å²) >= 11 is 0. The molecule has 1 fully saturated rings. The average molecular weight is 287 g/mol. The molecule has 1 aromatic carbocycles. The number of hydrogen-bond acceptors (Lipinski definition) is 5. The lowest BCUT2D eigenvalue weighted by Crippen LogP contribution is -2.27. The number of ether oxygens (including phenoxy) is 1. The summed E-state index contributed by atoms with van der Waals surface area (Å²) in [5.74, 6) is -0.977. The summed E-state index contributed by atoms with van der Waals surface area (Å²) in [4.78, 5) is 25.3. The van der Waals surface area contributed by atoms with Crippen molar-refractivity contribution in [3.63, 3.8) is 0 Å². The van der Waals surface area contributed by atoms with Gasteiger partial charge in [-0.3, -0.25) is 9.59 Å². The minimum Gasteiger partial charge on any atom is -0.469 e. The van der Waals surface area contributed by atoms with E-state index in [0.29, 0.717) is 17.8 Å². The van der Waals surface area contributed by atoms with Crippen molar-refractivity contribution in [3.8, 4) is 6.07 Å². The van der Waals surface area contributed by atoms with Crippen molar-refractivity contribution < 1.29 is 14.3 Å². The fourth-order valence-electron chi connectivity index (χ4n) is 2.43. The van der Waals surface area contributed by atoms with Crippen molar-refractivity contribution >= 4 is 23.3 Å². The fraction of sp³-hybridized carbons (Fsp3) is 0.400. The zero-order chi connectivity index (χ0) is 15.4. The van der Waals surface area contributed by atoms with Crippen LogP contribution in [0.1, 0.15) is 18.9 Å². The molecule has 0 spiro atoms. The molecule has 21 heavy (non-hydrogen) atoms. The number of carbonyl (C=O) groups excluding carboxylic acids is 2. The molecule has 1 aliphatic rings. The first-order valence-electron chi connectivity index (χ1n) is 6.77. The normalized spacial score (nSPS) is 17.5. The molecule has 1 aliphatic heterocycles. The van der Waals surface area contributed by atoms with Crippen LogP contribution < -0.4 is 10.2 Å². The van der Waals surface area contributed by atoms with E-state index >= 15 is 0 Å². The number of nitrogens with zero attached hydrogens (tertiary/aromatic N) is 2. The molecule has 1 aromatic rings. The molecule has 110 valence electrons. The first kappa shape index (κ1) is 14.9. The number of rotatable bonds is 4. The minimum absolute atomic E-state index is 0.134. The summed E-state index contributed by atoms with van der Waals surface area (Å²) in [6.45, 7) is 2.92. The Bertz CT molecular complexity index is 607. The molecule has 0 aromatic heterocycles. The van der Waals surface area contributed by atoms with Crippen molar-refractivity contribution in [2.45, 2.75) is 13.3 Å². The van der Waals surface area contributed by atoms with Crippen LogP contribution in [-0.2, 0) is 14.3 Å². The summed E-state index contributed by atoms with van der Waals surface area (Å²) in [5.41, 5.74) is 1.88. The number of amides is 1. The van der Waals surface area contributed by atoms with Gasteiger partial charge in [-0.1, -0.05) is 0 Å². The molecule has 0 saturated carbocycles. The molecule has 0 bridgehead atoms. The fourth-order valence-corrected chi connectivity index (χ4v) is 2.43. The molecule has 6 heteroatoms. The molecule has 6 nitrogen and oxygen atoms in total. The standard InChI is InChI=1S/C15H17N3O3/c1-3-17-12-5-4-10(8-16)6-13(12)18-9-11(7-14(18)19)15(20)21-2/h4-6,11,17H,3,7,9H2,1-2H3. The van der Waals surface area contributed by atoms with Crippen LogP contribution in [0, 0.1) is 17.2 Å². The highest BCUT2D eigenvalue weighted by atomic mass is 16.5. The molecule has 0 aliphatic carbocycles. The van der Waals surface area contributed by atoms with E-state index in [9.17, 15) is 9.59 Å². The van der Waals surface area contributed by atoms with Gasteiger partial charge in [-0.05, 0) is 25.1 Å². The van der Waals surface area contributed by atoms with Gasteiger partial charge >= 0.3 is 5.97 Å². The third-order valence-corrected chi connectivity index (χ3v) is 3.44. The minimum atomic E-state index is -0.456. The van der Waals surface area contributed by atoms with Gasteiger partial charge in [-0.25, -0.2) is 0 Å². The molecule has 1 atom stereocenters. The van der Waals surface area contributed by atoms with E-state index in [2.05, 4.69) is 11.4 Å². The number of methoxy groups -OCH3 is 1. The van der Waals surface area contributed by atoms with Crippen molar-refractivity contribution in [2.24, 2.45) is 5.92 Å². The third-order valence-electron chi connectivity index (χ3n) is 3.44. The first-order valence-corrected chi connectivity index (χ1v) is 6.77. The van der Waals surface area contributed by atoms with E-state index in [1.54, 1.807) is 23.1 Å². The molecular formula is C15H17N3O3. The lowest BCUT2D eigenvalue weighted by molar-refractivity contribution is -0.145. The van der Waals surface area contributed by atoms with Crippen LogP contribution >= 0.6 is 0 Å². The van der Waals surface area contributed by atoms with Crippen LogP contribution in [0.5, 0.6) is 0 Å². The van der Waals surface area contributed by atoms with Gasteiger partial charge in [0.1, 0.15) is 0 Å². The van der Waals surface area contributed by atoms with Crippen LogP contribution in [0.25, 0.3) is 0 Å². The number of benzene rings is 1. The van der Waals surface area contributed by atoms with E-state index in [0.717, 1.165) is 5.69 Å². The Morgan fingerprint density at radius 2 is 2.33 bits per heavy atom.